The van der Waals surface area contributed by atoms with Crippen molar-refractivity contribution in [2.45, 2.75) is 20.0 Å². The minimum Gasteiger partial charge on any atom is -0.392 e. The summed E-state index contributed by atoms with van der Waals surface area (Å²) in [5.74, 6) is 0.372. The van der Waals surface area contributed by atoms with Crippen LogP contribution >= 0.6 is 0 Å². The van der Waals surface area contributed by atoms with Gasteiger partial charge in [0.15, 0.2) is 0 Å². The fourth-order valence-corrected chi connectivity index (χ4v) is 0.647. The fourth-order valence-electron chi connectivity index (χ4n) is 0.647. The summed E-state index contributed by atoms with van der Waals surface area (Å²) in [5, 5.41) is 8.44. The minimum atomic E-state index is 0.112. The second kappa shape index (κ2) is 5.45. The van der Waals surface area contributed by atoms with E-state index in [0.717, 1.165) is 0 Å². The van der Waals surface area contributed by atoms with Crippen molar-refractivity contribution in [1.82, 2.24) is 0 Å². The molecule has 0 saturated carbocycles. The van der Waals surface area contributed by atoms with Gasteiger partial charge in [-0.2, -0.15) is 0 Å². The second-order valence-corrected chi connectivity index (χ2v) is 2.41. The minimum absolute atomic E-state index is 0.112. The Bertz CT molecular complexity index is 99.4. The molecule has 0 aromatic heterocycles. The summed E-state index contributed by atoms with van der Waals surface area (Å²) in [6.45, 7) is 4.17. The van der Waals surface area contributed by atoms with Crippen molar-refractivity contribution in [3.8, 4) is 0 Å². The molecule has 60 valence electrons. The van der Waals surface area contributed by atoms with Crippen LogP contribution in [0.3, 0.4) is 0 Å². The van der Waals surface area contributed by atoms with E-state index in [2.05, 4.69) is 6.92 Å². The summed E-state index contributed by atoms with van der Waals surface area (Å²) < 4.78 is 5.08. The number of aliphatic hydroxyl groups excluding tert-OH is 1. The average Bonchev–Trinajstić information content (AvgIpc) is 1.98. The zero-order valence-electron chi connectivity index (χ0n) is 6.87. The van der Waals surface area contributed by atoms with Gasteiger partial charge in [0, 0.05) is 7.11 Å². The highest BCUT2D eigenvalue weighted by atomic mass is 16.5. The van der Waals surface area contributed by atoms with Crippen molar-refractivity contribution in [2.75, 3.05) is 13.7 Å². The average molecular weight is 144 g/mol. The third kappa shape index (κ3) is 3.64. The Morgan fingerprint density at radius 1 is 1.50 bits per heavy atom. The molecule has 0 amide bonds. The van der Waals surface area contributed by atoms with Gasteiger partial charge in [-0.05, 0) is 12.8 Å². The number of aliphatic hydroxyl groups is 1. The fraction of sp³-hybridized carbons (Fsp3) is 0.750. The molecule has 0 radical (unpaired) electrons. The lowest BCUT2D eigenvalue weighted by molar-refractivity contribution is 0.0897. The van der Waals surface area contributed by atoms with E-state index in [9.17, 15) is 0 Å². The quantitative estimate of drug-likeness (QED) is 0.601. The van der Waals surface area contributed by atoms with Crippen molar-refractivity contribution >= 4 is 0 Å². The first-order chi connectivity index (χ1) is 4.72. The van der Waals surface area contributed by atoms with Crippen molar-refractivity contribution < 1.29 is 9.84 Å². The molecule has 2 atom stereocenters. The molecule has 0 spiro atoms. The summed E-state index contributed by atoms with van der Waals surface area (Å²) in [5.41, 5.74) is 0. The highest BCUT2D eigenvalue weighted by Crippen LogP contribution is 2.06. The van der Waals surface area contributed by atoms with Crippen LogP contribution in [0.1, 0.15) is 13.8 Å². The van der Waals surface area contributed by atoms with Gasteiger partial charge in [0.2, 0.25) is 0 Å². The smallest absolute Gasteiger partial charge is 0.0612 e. The van der Waals surface area contributed by atoms with E-state index in [1.165, 1.54) is 0 Å². The Labute approximate surface area is 62.5 Å². The lowest BCUT2D eigenvalue weighted by atomic mass is 10.1. The molecule has 0 aliphatic carbocycles. The van der Waals surface area contributed by atoms with Crippen LogP contribution < -0.4 is 0 Å². The van der Waals surface area contributed by atoms with Gasteiger partial charge >= 0.3 is 0 Å². The molecular weight excluding hydrogens is 128 g/mol. The molecule has 0 aromatic rings. The molecular formula is C8H16O2. The monoisotopic (exact) mass is 144 g/mol. The third-order valence-electron chi connectivity index (χ3n) is 1.66. The lowest BCUT2D eigenvalue weighted by Crippen LogP contribution is -2.13. The molecule has 0 bridgehead atoms. The van der Waals surface area contributed by atoms with Gasteiger partial charge < -0.3 is 9.84 Å². The van der Waals surface area contributed by atoms with E-state index in [-0.39, 0.29) is 12.7 Å². The van der Waals surface area contributed by atoms with Crippen LogP contribution in [0.25, 0.3) is 0 Å². The number of hydrogen-bond donors (Lipinski definition) is 1. The van der Waals surface area contributed by atoms with Crippen LogP contribution in [0.2, 0.25) is 0 Å². The molecule has 2 nitrogen and oxygen atoms in total. The van der Waals surface area contributed by atoms with Crippen molar-refractivity contribution in [1.29, 1.82) is 0 Å². The first-order valence-corrected chi connectivity index (χ1v) is 3.52. The Balaban J connectivity index is 3.60. The maximum atomic E-state index is 8.44. The van der Waals surface area contributed by atoms with Crippen LogP contribution in [-0.4, -0.2) is 24.9 Å². The molecule has 2 heteroatoms. The Morgan fingerprint density at radius 3 is 2.50 bits per heavy atom. The molecule has 0 aromatic carbocycles. The summed E-state index contributed by atoms with van der Waals surface area (Å²) in [6.07, 6.45) is 3.91. The van der Waals surface area contributed by atoms with E-state index < -0.39 is 0 Å². The molecule has 0 aliphatic rings. The summed E-state index contributed by atoms with van der Waals surface area (Å²) in [6, 6.07) is 0. The van der Waals surface area contributed by atoms with E-state index in [1.807, 2.05) is 13.0 Å². The first kappa shape index (κ1) is 9.66. The van der Waals surface area contributed by atoms with Crippen LogP contribution in [0.5, 0.6) is 0 Å². The standard InChI is InChI=1S/C8H16O2/c1-7(5-4-6-9)8(2)10-3/h4-5,7-9H,6H2,1-3H3/b5-4+. The second-order valence-electron chi connectivity index (χ2n) is 2.41. The van der Waals surface area contributed by atoms with Gasteiger partial charge in [-0.3, -0.25) is 0 Å². The maximum absolute atomic E-state index is 8.44. The normalized spacial score (nSPS) is 17.6. The number of hydrogen-bond acceptors (Lipinski definition) is 2. The molecule has 1 N–H and O–H groups in total. The molecule has 0 rings (SSSR count). The SMILES string of the molecule is COC(C)C(C)/C=C/CO. The van der Waals surface area contributed by atoms with Crippen LogP contribution in [0, 0.1) is 5.92 Å². The molecule has 0 saturated heterocycles. The summed E-state index contributed by atoms with van der Waals surface area (Å²) in [4.78, 5) is 0. The topological polar surface area (TPSA) is 29.5 Å². The van der Waals surface area contributed by atoms with E-state index in [0.29, 0.717) is 5.92 Å². The molecule has 10 heavy (non-hydrogen) atoms. The number of ether oxygens (including phenoxy) is 1. The number of methoxy groups -OCH3 is 1. The first-order valence-electron chi connectivity index (χ1n) is 3.52. The van der Waals surface area contributed by atoms with Crippen molar-refractivity contribution in [3.63, 3.8) is 0 Å². The van der Waals surface area contributed by atoms with Gasteiger partial charge in [-0.25, -0.2) is 0 Å². The van der Waals surface area contributed by atoms with Crippen LogP contribution in [-0.2, 0) is 4.74 Å². The third-order valence-corrected chi connectivity index (χ3v) is 1.66. The number of rotatable bonds is 4. The lowest BCUT2D eigenvalue weighted by Gasteiger charge is -2.13. The van der Waals surface area contributed by atoms with E-state index in [1.54, 1.807) is 13.2 Å². The highest BCUT2D eigenvalue weighted by molar-refractivity contribution is 4.88. The van der Waals surface area contributed by atoms with Gasteiger partial charge in [0.1, 0.15) is 0 Å². The zero-order chi connectivity index (χ0) is 7.98. The predicted octanol–water partition coefficient (Wildman–Crippen LogP) is 1.21. The maximum Gasteiger partial charge on any atom is 0.0612 e. The van der Waals surface area contributed by atoms with Gasteiger partial charge in [-0.1, -0.05) is 19.1 Å². The van der Waals surface area contributed by atoms with Gasteiger partial charge in [-0.15, -0.1) is 0 Å². The largest absolute Gasteiger partial charge is 0.392 e. The molecule has 2 unspecified atom stereocenters. The summed E-state index contributed by atoms with van der Waals surface area (Å²) >= 11 is 0. The van der Waals surface area contributed by atoms with E-state index >= 15 is 0 Å². The Kier molecular flexibility index (Phi) is 5.26. The predicted molar refractivity (Wildman–Crippen MR) is 41.9 cm³/mol. The zero-order valence-corrected chi connectivity index (χ0v) is 6.87. The van der Waals surface area contributed by atoms with Gasteiger partial charge in [0.05, 0.1) is 12.7 Å². The van der Waals surface area contributed by atoms with Crippen molar-refractivity contribution in [3.05, 3.63) is 12.2 Å². The van der Waals surface area contributed by atoms with Crippen molar-refractivity contribution in [2.24, 2.45) is 5.92 Å². The van der Waals surface area contributed by atoms with Crippen LogP contribution in [0.15, 0.2) is 12.2 Å². The molecule has 0 heterocycles. The van der Waals surface area contributed by atoms with Gasteiger partial charge in [0.25, 0.3) is 0 Å². The van der Waals surface area contributed by atoms with E-state index in [4.69, 9.17) is 9.84 Å². The highest BCUT2D eigenvalue weighted by Gasteiger charge is 2.05. The Hall–Kier alpha value is -0.340. The summed E-state index contributed by atoms with van der Waals surface area (Å²) in [7, 11) is 1.69. The molecule has 0 fully saturated rings. The Morgan fingerprint density at radius 2 is 2.10 bits per heavy atom. The molecule has 0 aliphatic heterocycles. The van der Waals surface area contributed by atoms with Crippen LogP contribution in [0.4, 0.5) is 0 Å².